The molecular formula is C8H15NO3. The largest absolute Gasteiger partial charge is 0.480 e. The van der Waals surface area contributed by atoms with Crippen molar-refractivity contribution in [1.29, 1.82) is 0 Å². The molecule has 1 aliphatic rings. The Morgan fingerprint density at radius 2 is 2.42 bits per heavy atom. The van der Waals surface area contributed by atoms with Gasteiger partial charge in [-0.3, -0.25) is 4.79 Å². The number of ether oxygens (including phenoxy) is 1. The first-order valence-electron chi connectivity index (χ1n) is 4.30. The van der Waals surface area contributed by atoms with E-state index in [1.54, 1.807) is 0 Å². The summed E-state index contributed by atoms with van der Waals surface area (Å²) in [6.07, 6.45) is 3.65. The van der Waals surface area contributed by atoms with Gasteiger partial charge in [-0.25, -0.2) is 0 Å². The molecule has 0 aliphatic carbocycles. The molecule has 0 aromatic rings. The molecule has 1 heterocycles. The van der Waals surface area contributed by atoms with E-state index in [2.05, 4.69) is 0 Å². The van der Waals surface area contributed by atoms with Gasteiger partial charge in [0.2, 0.25) is 0 Å². The number of nitrogens with two attached hydrogens (primary N) is 1. The lowest BCUT2D eigenvalue weighted by molar-refractivity contribution is -0.139. The first-order valence-corrected chi connectivity index (χ1v) is 4.30. The Hall–Kier alpha value is -0.610. The van der Waals surface area contributed by atoms with Gasteiger partial charge in [-0.2, -0.15) is 0 Å². The summed E-state index contributed by atoms with van der Waals surface area (Å²) < 4.78 is 5.36. The summed E-state index contributed by atoms with van der Waals surface area (Å²) >= 11 is 0. The lowest BCUT2D eigenvalue weighted by Crippen LogP contribution is -2.35. The SMILES string of the molecule is N[C@@H](C[C@H]1CCCCO1)C(=O)O. The maximum atomic E-state index is 10.4. The third kappa shape index (κ3) is 2.79. The Labute approximate surface area is 71.7 Å². The monoisotopic (exact) mass is 173 g/mol. The van der Waals surface area contributed by atoms with Crippen molar-refractivity contribution in [3.8, 4) is 0 Å². The Morgan fingerprint density at radius 3 is 2.92 bits per heavy atom. The zero-order chi connectivity index (χ0) is 8.97. The molecule has 1 fully saturated rings. The molecular weight excluding hydrogens is 158 g/mol. The van der Waals surface area contributed by atoms with Crippen LogP contribution in [0, 0.1) is 0 Å². The van der Waals surface area contributed by atoms with Crippen LogP contribution in [0.3, 0.4) is 0 Å². The number of carboxylic acids is 1. The van der Waals surface area contributed by atoms with Crippen molar-refractivity contribution >= 4 is 5.97 Å². The van der Waals surface area contributed by atoms with Crippen LogP contribution in [0.25, 0.3) is 0 Å². The van der Waals surface area contributed by atoms with Crippen LogP contribution in [-0.4, -0.2) is 29.8 Å². The molecule has 12 heavy (non-hydrogen) atoms. The van der Waals surface area contributed by atoms with E-state index in [9.17, 15) is 4.79 Å². The summed E-state index contributed by atoms with van der Waals surface area (Å²) in [7, 11) is 0. The normalized spacial score (nSPS) is 26.6. The van der Waals surface area contributed by atoms with Crippen molar-refractivity contribution in [3.63, 3.8) is 0 Å². The molecule has 0 aromatic carbocycles. The molecule has 0 radical (unpaired) electrons. The number of carboxylic acid groups (broad SMARTS) is 1. The number of rotatable bonds is 3. The van der Waals surface area contributed by atoms with Crippen LogP contribution in [0.15, 0.2) is 0 Å². The predicted molar refractivity (Wildman–Crippen MR) is 43.8 cm³/mol. The predicted octanol–water partition coefficient (Wildman–Crippen LogP) is 0.357. The summed E-state index contributed by atoms with van der Waals surface area (Å²) in [5.74, 6) is -0.941. The molecule has 1 rings (SSSR count). The number of hydrogen-bond acceptors (Lipinski definition) is 3. The molecule has 0 saturated carbocycles. The van der Waals surface area contributed by atoms with Crippen LogP contribution in [0.4, 0.5) is 0 Å². The molecule has 0 amide bonds. The van der Waals surface area contributed by atoms with Crippen LogP contribution in [0.5, 0.6) is 0 Å². The smallest absolute Gasteiger partial charge is 0.320 e. The van der Waals surface area contributed by atoms with E-state index in [1.165, 1.54) is 0 Å². The third-order valence-corrected chi connectivity index (χ3v) is 2.11. The molecule has 0 unspecified atom stereocenters. The van der Waals surface area contributed by atoms with Gasteiger partial charge in [-0.15, -0.1) is 0 Å². The van der Waals surface area contributed by atoms with E-state index in [0.29, 0.717) is 6.42 Å². The Morgan fingerprint density at radius 1 is 1.67 bits per heavy atom. The summed E-state index contributed by atoms with van der Waals surface area (Å²) in [5, 5.41) is 8.53. The molecule has 1 aliphatic heterocycles. The van der Waals surface area contributed by atoms with E-state index in [0.717, 1.165) is 25.9 Å². The van der Waals surface area contributed by atoms with Gasteiger partial charge in [-0.1, -0.05) is 0 Å². The van der Waals surface area contributed by atoms with Crippen LogP contribution < -0.4 is 5.73 Å². The highest BCUT2D eigenvalue weighted by atomic mass is 16.5. The van der Waals surface area contributed by atoms with Crippen molar-refractivity contribution in [1.82, 2.24) is 0 Å². The van der Waals surface area contributed by atoms with E-state index >= 15 is 0 Å². The first kappa shape index (κ1) is 9.48. The van der Waals surface area contributed by atoms with E-state index in [4.69, 9.17) is 15.6 Å². The van der Waals surface area contributed by atoms with Gasteiger partial charge >= 0.3 is 5.97 Å². The fourth-order valence-corrected chi connectivity index (χ4v) is 1.38. The lowest BCUT2D eigenvalue weighted by Gasteiger charge is -2.23. The molecule has 0 aromatic heterocycles. The van der Waals surface area contributed by atoms with Gasteiger partial charge in [0.15, 0.2) is 0 Å². The van der Waals surface area contributed by atoms with Crippen molar-refractivity contribution < 1.29 is 14.6 Å². The standard InChI is InChI=1S/C8H15NO3/c9-7(8(10)11)5-6-3-1-2-4-12-6/h6-7H,1-5,9H2,(H,10,11)/t6-,7+/m1/s1. The molecule has 0 bridgehead atoms. The molecule has 3 N–H and O–H groups in total. The van der Waals surface area contributed by atoms with Crippen molar-refractivity contribution in [3.05, 3.63) is 0 Å². The van der Waals surface area contributed by atoms with Gasteiger partial charge in [0, 0.05) is 6.61 Å². The zero-order valence-electron chi connectivity index (χ0n) is 7.03. The molecule has 4 nitrogen and oxygen atoms in total. The second kappa shape index (κ2) is 4.42. The van der Waals surface area contributed by atoms with Gasteiger partial charge < -0.3 is 15.6 Å². The zero-order valence-corrected chi connectivity index (χ0v) is 7.03. The van der Waals surface area contributed by atoms with Gasteiger partial charge in [0.05, 0.1) is 6.10 Å². The summed E-state index contributed by atoms with van der Waals surface area (Å²) in [5.41, 5.74) is 5.37. The molecule has 2 atom stereocenters. The average molecular weight is 173 g/mol. The highest BCUT2D eigenvalue weighted by Crippen LogP contribution is 2.16. The van der Waals surface area contributed by atoms with Gasteiger partial charge in [0.1, 0.15) is 6.04 Å². The maximum absolute atomic E-state index is 10.4. The molecule has 1 saturated heterocycles. The fraction of sp³-hybridized carbons (Fsp3) is 0.875. The number of carbonyl (C=O) groups is 1. The van der Waals surface area contributed by atoms with Crippen LogP contribution in [0.2, 0.25) is 0 Å². The van der Waals surface area contributed by atoms with Crippen LogP contribution >= 0.6 is 0 Å². The lowest BCUT2D eigenvalue weighted by atomic mass is 10.0. The number of aliphatic carboxylic acids is 1. The highest BCUT2D eigenvalue weighted by molar-refractivity contribution is 5.73. The average Bonchev–Trinajstić information content (AvgIpc) is 2.06. The Bertz CT molecular complexity index is 154. The second-order valence-corrected chi connectivity index (χ2v) is 3.17. The Kier molecular flexibility index (Phi) is 3.49. The van der Waals surface area contributed by atoms with Crippen LogP contribution in [0.1, 0.15) is 25.7 Å². The summed E-state index contributed by atoms with van der Waals surface area (Å²) in [6.45, 7) is 0.747. The minimum Gasteiger partial charge on any atom is -0.480 e. The molecule has 70 valence electrons. The molecule has 0 spiro atoms. The maximum Gasteiger partial charge on any atom is 0.320 e. The van der Waals surface area contributed by atoms with Crippen molar-refractivity contribution in [2.75, 3.05) is 6.61 Å². The quantitative estimate of drug-likeness (QED) is 0.646. The fourth-order valence-electron chi connectivity index (χ4n) is 1.38. The van der Waals surface area contributed by atoms with E-state index in [1.807, 2.05) is 0 Å². The summed E-state index contributed by atoms with van der Waals surface area (Å²) in [6, 6.07) is -0.770. The molecule has 4 heteroatoms. The minimum atomic E-state index is -0.941. The third-order valence-electron chi connectivity index (χ3n) is 2.11. The topological polar surface area (TPSA) is 72.5 Å². The summed E-state index contributed by atoms with van der Waals surface area (Å²) in [4.78, 5) is 10.4. The van der Waals surface area contributed by atoms with Gasteiger partial charge in [0.25, 0.3) is 0 Å². The van der Waals surface area contributed by atoms with Gasteiger partial charge in [-0.05, 0) is 25.7 Å². The van der Waals surface area contributed by atoms with E-state index < -0.39 is 12.0 Å². The van der Waals surface area contributed by atoms with E-state index in [-0.39, 0.29) is 6.10 Å². The van der Waals surface area contributed by atoms with Crippen molar-refractivity contribution in [2.45, 2.75) is 37.8 Å². The first-order chi connectivity index (χ1) is 5.70. The Balaban J connectivity index is 2.24. The second-order valence-electron chi connectivity index (χ2n) is 3.17. The highest BCUT2D eigenvalue weighted by Gasteiger charge is 2.20. The minimum absolute atomic E-state index is 0.0600. The van der Waals surface area contributed by atoms with Crippen molar-refractivity contribution in [2.24, 2.45) is 5.73 Å². The number of hydrogen-bond donors (Lipinski definition) is 2. The van der Waals surface area contributed by atoms with Crippen LogP contribution in [-0.2, 0) is 9.53 Å².